The molecule has 0 atom stereocenters. The summed E-state index contributed by atoms with van der Waals surface area (Å²) in [5, 5.41) is 1.54. The van der Waals surface area contributed by atoms with Crippen molar-refractivity contribution in [3.63, 3.8) is 0 Å². The van der Waals surface area contributed by atoms with Crippen LogP contribution in [0.5, 0.6) is 0 Å². The van der Waals surface area contributed by atoms with E-state index in [0.717, 1.165) is 23.9 Å². The Morgan fingerprint density at radius 3 is 1.82 bits per heavy atom. The van der Waals surface area contributed by atoms with Gasteiger partial charge in [0.05, 0.1) is 0 Å². The van der Waals surface area contributed by atoms with E-state index in [1.807, 2.05) is 0 Å². The van der Waals surface area contributed by atoms with Gasteiger partial charge in [-0.1, -0.05) is 0 Å². The number of unbranched alkanes of at least 4 members (excludes halogenated alkanes) is 1. The molecule has 0 unspecified atom stereocenters. The van der Waals surface area contributed by atoms with Gasteiger partial charge in [-0.15, -0.1) is 0 Å². The molecule has 0 aliphatic heterocycles. The molecule has 2 rings (SSSR count). The van der Waals surface area contributed by atoms with E-state index in [4.69, 9.17) is 0 Å². The average Bonchev–Trinajstić information content (AvgIpc) is 2.52. The number of hydrogen-bond donors (Lipinski definition) is 0. The van der Waals surface area contributed by atoms with Crippen molar-refractivity contribution >= 4 is 16.5 Å². The molecule has 0 aliphatic rings. The van der Waals surface area contributed by atoms with Gasteiger partial charge in [0.15, 0.2) is 0 Å². The first-order valence-electron chi connectivity index (χ1n) is 8.20. The molecule has 2 aromatic rings. The van der Waals surface area contributed by atoms with Gasteiger partial charge in [0.25, 0.3) is 0 Å². The van der Waals surface area contributed by atoms with Gasteiger partial charge >= 0.3 is 151 Å². The van der Waals surface area contributed by atoms with Gasteiger partial charge in [0, 0.05) is 0 Å². The zero-order valence-electron chi connectivity index (χ0n) is 14.2. The third-order valence-electron chi connectivity index (χ3n) is 4.10. The Labute approximate surface area is 151 Å². The Morgan fingerprint density at radius 2 is 1.36 bits per heavy atom. The van der Waals surface area contributed by atoms with E-state index < -0.39 is 8.07 Å². The summed E-state index contributed by atoms with van der Waals surface area (Å²) in [6, 6.07) is 18.5. The molecule has 0 aromatic heterocycles. The molecule has 0 spiro atoms. The third kappa shape index (κ3) is 4.69. The summed E-state index contributed by atoms with van der Waals surface area (Å²) in [4.78, 5) is 0. The molecule has 0 radical (unpaired) electrons. The Bertz CT molecular complexity index is 618. The summed E-state index contributed by atoms with van der Waals surface area (Å²) in [5.41, 5.74) is 4.26. The van der Waals surface area contributed by atoms with Gasteiger partial charge in [0.2, 0.25) is 0 Å². The van der Waals surface area contributed by atoms with Crippen molar-refractivity contribution < 1.29 is 23.9 Å². The van der Waals surface area contributed by atoms with Crippen LogP contribution in [0.25, 0.3) is 0 Å². The summed E-state index contributed by atoms with van der Waals surface area (Å²) >= 11 is 1.08. The van der Waals surface area contributed by atoms with Crippen molar-refractivity contribution in [2.75, 3.05) is 0 Å². The van der Waals surface area contributed by atoms with Crippen LogP contribution in [-0.4, -0.2) is 11.3 Å². The minimum absolute atomic E-state index is 1.08. The van der Waals surface area contributed by atoms with Crippen LogP contribution in [-0.2, 0) is 30.3 Å². The van der Waals surface area contributed by atoms with Crippen LogP contribution in [0, 0.1) is 0 Å². The van der Waals surface area contributed by atoms with E-state index in [9.17, 15) is 0 Å². The fraction of sp³-hybridized carbons (Fsp3) is 0.350. The SMILES string of the molecule is CCCCc1ccc([C](=[Hf+2])c2ccc([Si](C)(C)C)cc2)cc1. The van der Waals surface area contributed by atoms with Crippen molar-refractivity contribution in [3.8, 4) is 0 Å². The van der Waals surface area contributed by atoms with E-state index in [2.05, 4.69) is 75.1 Å². The second-order valence-corrected chi connectivity index (χ2v) is 13.9. The molecule has 0 N–H and O–H groups in total. The van der Waals surface area contributed by atoms with E-state index in [1.165, 1.54) is 39.2 Å². The third-order valence-corrected chi connectivity index (χ3v) is 8.24. The molecule has 22 heavy (non-hydrogen) atoms. The Balaban J connectivity index is 2.14. The molecule has 2 aromatic carbocycles. The molecular formula is C20H26HfSi+2. The first kappa shape index (κ1) is 17.7. The van der Waals surface area contributed by atoms with E-state index >= 15 is 0 Å². The summed E-state index contributed by atoms with van der Waals surface area (Å²) in [7, 11) is -1.19. The second kappa shape index (κ2) is 7.79. The maximum atomic E-state index is 2.41. The molecule has 0 saturated carbocycles. The molecule has 0 nitrogen and oxygen atoms in total. The van der Waals surface area contributed by atoms with Crippen LogP contribution >= 0.6 is 0 Å². The van der Waals surface area contributed by atoms with E-state index in [0.29, 0.717) is 0 Å². The normalized spacial score (nSPS) is 11.5. The van der Waals surface area contributed by atoms with Crippen molar-refractivity contribution in [2.45, 2.75) is 45.8 Å². The Morgan fingerprint density at radius 1 is 0.864 bits per heavy atom. The fourth-order valence-corrected chi connectivity index (χ4v) is 4.89. The van der Waals surface area contributed by atoms with E-state index in [-0.39, 0.29) is 0 Å². The van der Waals surface area contributed by atoms with Gasteiger partial charge < -0.3 is 0 Å². The number of benzene rings is 2. The molecule has 0 heterocycles. The van der Waals surface area contributed by atoms with Crippen LogP contribution in [0.2, 0.25) is 19.6 Å². The molecular weight excluding hydrogens is 447 g/mol. The van der Waals surface area contributed by atoms with Crippen LogP contribution in [0.15, 0.2) is 48.5 Å². The standard InChI is InChI=1S/C20H26Si.Hf/c1-5-6-7-17-8-10-18(11-9-17)16-19-12-14-20(15-13-19)21(2,3)4;/h8-15H,5-7H2,1-4H3;/q;+2. The van der Waals surface area contributed by atoms with Crippen LogP contribution in [0.4, 0.5) is 0 Å². The monoisotopic (exact) mass is 474 g/mol. The van der Waals surface area contributed by atoms with Gasteiger partial charge in [-0.05, 0) is 0 Å². The molecule has 0 bridgehead atoms. The molecule has 0 aliphatic carbocycles. The quantitative estimate of drug-likeness (QED) is 0.535. The van der Waals surface area contributed by atoms with Crippen LogP contribution in [0.3, 0.4) is 0 Å². The number of hydrogen-bond acceptors (Lipinski definition) is 0. The number of aryl methyl sites for hydroxylation is 1. The zero-order chi connectivity index (χ0) is 16.2. The summed E-state index contributed by atoms with van der Waals surface area (Å²) < 4.78 is 1.50. The molecule has 112 valence electrons. The fourth-order valence-electron chi connectivity index (χ4n) is 2.52. The second-order valence-electron chi connectivity index (χ2n) is 7.00. The summed E-state index contributed by atoms with van der Waals surface area (Å²) in [6.45, 7) is 9.47. The molecule has 0 fully saturated rings. The first-order valence-corrected chi connectivity index (χ1v) is 13.5. The minimum atomic E-state index is -1.19. The molecule has 2 heteroatoms. The van der Waals surface area contributed by atoms with Crippen LogP contribution in [0.1, 0.15) is 36.5 Å². The predicted octanol–water partition coefficient (Wildman–Crippen LogP) is 4.69. The average molecular weight is 473 g/mol. The van der Waals surface area contributed by atoms with Gasteiger partial charge in [-0.3, -0.25) is 0 Å². The van der Waals surface area contributed by atoms with Crippen molar-refractivity contribution in [1.29, 1.82) is 0 Å². The number of rotatable bonds is 6. The predicted molar refractivity (Wildman–Crippen MR) is 97.7 cm³/mol. The van der Waals surface area contributed by atoms with Crippen molar-refractivity contribution in [1.82, 2.24) is 0 Å². The maximum absolute atomic E-state index is 2.41. The van der Waals surface area contributed by atoms with Gasteiger partial charge in [0.1, 0.15) is 0 Å². The van der Waals surface area contributed by atoms with E-state index in [1.54, 1.807) is 5.19 Å². The first-order chi connectivity index (χ1) is 10.4. The topological polar surface area (TPSA) is 0 Å². The summed E-state index contributed by atoms with van der Waals surface area (Å²) in [6.07, 6.45) is 3.76. The van der Waals surface area contributed by atoms with Gasteiger partial charge in [-0.2, -0.15) is 0 Å². The molecule has 0 saturated heterocycles. The van der Waals surface area contributed by atoms with Crippen LogP contribution < -0.4 is 5.19 Å². The zero-order valence-corrected chi connectivity index (χ0v) is 18.8. The Hall–Kier alpha value is -0.603. The Kier molecular flexibility index (Phi) is 6.28. The molecule has 0 amide bonds. The van der Waals surface area contributed by atoms with Crippen molar-refractivity contribution in [3.05, 3.63) is 65.2 Å². The van der Waals surface area contributed by atoms with Crippen molar-refractivity contribution in [2.24, 2.45) is 0 Å². The van der Waals surface area contributed by atoms with Gasteiger partial charge in [-0.25, -0.2) is 0 Å². The summed E-state index contributed by atoms with van der Waals surface area (Å²) in [5.74, 6) is 0.